The standard InChI is InChI=1S/C10H9BrF2O4/c1-2-17-10(16)9(15)6-7(13)4(11)3-5(12)8(6)14/h3,9,14-15H,2H2,1H3. The average Bonchev–Trinajstić information content (AvgIpc) is 2.27. The SMILES string of the molecule is CCOC(=O)C(O)c1c(O)c(F)cc(Br)c1F. The number of benzene rings is 1. The first kappa shape index (κ1) is 13.9. The molecule has 4 nitrogen and oxygen atoms in total. The number of aliphatic hydroxyl groups is 1. The van der Waals surface area contributed by atoms with Crippen molar-refractivity contribution < 1.29 is 28.5 Å². The number of halogens is 3. The zero-order valence-electron chi connectivity index (χ0n) is 8.71. The molecule has 1 unspecified atom stereocenters. The number of aliphatic hydroxyl groups excluding tert-OH is 1. The highest BCUT2D eigenvalue weighted by Gasteiger charge is 2.29. The van der Waals surface area contributed by atoms with Crippen molar-refractivity contribution in [2.24, 2.45) is 0 Å². The highest BCUT2D eigenvalue weighted by atomic mass is 79.9. The van der Waals surface area contributed by atoms with E-state index in [4.69, 9.17) is 0 Å². The van der Waals surface area contributed by atoms with Crippen molar-refractivity contribution in [3.63, 3.8) is 0 Å². The number of phenolic OH excluding ortho intramolecular Hbond substituents is 1. The van der Waals surface area contributed by atoms with E-state index in [-0.39, 0.29) is 11.1 Å². The van der Waals surface area contributed by atoms with Gasteiger partial charge in [0, 0.05) is 0 Å². The fraction of sp³-hybridized carbons (Fsp3) is 0.300. The lowest BCUT2D eigenvalue weighted by atomic mass is 10.1. The first-order chi connectivity index (χ1) is 7.90. The van der Waals surface area contributed by atoms with Crippen LogP contribution in [0.3, 0.4) is 0 Å². The highest BCUT2D eigenvalue weighted by Crippen LogP contribution is 2.34. The predicted octanol–water partition coefficient (Wildman–Crippen LogP) is 2.03. The van der Waals surface area contributed by atoms with E-state index >= 15 is 0 Å². The number of carbonyl (C=O) groups excluding carboxylic acids is 1. The molecular weight excluding hydrogens is 302 g/mol. The molecule has 1 atom stereocenters. The van der Waals surface area contributed by atoms with Crippen molar-refractivity contribution >= 4 is 21.9 Å². The fourth-order valence-corrected chi connectivity index (χ4v) is 1.61. The van der Waals surface area contributed by atoms with Crippen LogP contribution < -0.4 is 0 Å². The lowest BCUT2D eigenvalue weighted by molar-refractivity contribution is -0.153. The maximum absolute atomic E-state index is 13.6. The molecule has 1 aromatic rings. The smallest absolute Gasteiger partial charge is 0.339 e. The summed E-state index contributed by atoms with van der Waals surface area (Å²) in [5, 5.41) is 18.8. The van der Waals surface area contributed by atoms with Gasteiger partial charge in [0.05, 0.1) is 16.6 Å². The zero-order chi connectivity index (χ0) is 13.2. The topological polar surface area (TPSA) is 66.8 Å². The molecule has 0 radical (unpaired) electrons. The first-order valence-electron chi connectivity index (χ1n) is 4.61. The average molecular weight is 311 g/mol. The minimum absolute atomic E-state index is 0.0330. The van der Waals surface area contributed by atoms with E-state index < -0.39 is 35.0 Å². The third-order valence-electron chi connectivity index (χ3n) is 1.96. The Balaban J connectivity index is 3.25. The Morgan fingerprint density at radius 3 is 2.71 bits per heavy atom. The first-order valence-corrected chi connectivity index (χ1v) is 5.40. The third-order valence-corrected chi connectivity index (χ3v) is 2.54. The van der Waals surface area contributed by atoms with Gasteiger partial charge in [-0.25, -0.2) is 13.6 Å². The van der Waals surface area contributed by atoms with E-state index in [9.17, 15) is 23.8 Å². The second-order valence-electron chi connectivity index (χ2n) is 3.07. The van der Waals surface area contributed by atoms with Crippen LogP contribution in [-0.4, -0.2) is 22.8 Å². The van der Waals surface area contributed by atoms with Crippen LogP contribution in [0.5, 0.6) is 5.75 Å². The molecule has 0 heterocycles. The van der Waals surface area contributed by atoms with E-state index in [1.54, 1.807) is 0 Å². The molecule has 0 saturated carbocycles. The quantitative estimate of drug-likeness (QED) is 0.662. The molecule has 0 spiro atoms. The lowest BCUT2D eigenvalue weighted by Gasteiger charge is -2.13. The monoisotopic (exact) mass is 310 g/mol. The van der Waals surface area contributed by atoms with Crippen molar-refractivity contribution in [3.8, 4) is 5.75 Å². The Hall–Kier alpha value is -1.21. The van der Waals surface area contributed by atoms with Gasteiger partial charge in [-0.2, -0.15) is 0 Å². The summed E-state index contributed by atoms with van der Waals surface area (Å²) in [6, 6.07) is 0.687. The molecule has 0 aromatic heterocycles. The Morgan fingerprint density at radius 2 is 2.18 bits per heavy atom. The summed E-state index contributed by atoms with van der Waals surface area (Å²) in [6.45, 7) is 1.46. The number of carbonyl (C=O) groups is 1. The summed E-state index contributed by atoms with van der Waals surface area (Å²) in [4.78, 5) is 11.2. The van der Waals surface area contributed by atoms with E-state index in [2.05, 4.69) is 20.7 Å². The minimum atomic E-state index is -2.08. The Labute approximate surface area is 104 Å². The van der Waals surface area contributed by atoms with Gasteiger partial charge in [0.15, 0.2) is 17.7 Å². The molecule has 94 valence electrons. The lowest BCUT2D eigenvalue weighted by Crippen LogP contribution is -2.17. The molecule has 0 bridgehead atoms. The Morgan fingerprint density at radius 1 is 1.59 bits per heavy atom. The van der Waals surface area contributed by atoms with Gasteiger partial charge < -0.3 is 14.9 Å². The number of esters is 1. The number of ether oxygens (including phenoxy) is 1. The van der Waals surface area contributed by atoms with Gasteiger partial charge in [0.2, 0.25) is 0 Å². The van der Waals surface area contributed by atoms with Crippen molar-refractivity contribution in [1.82, 2.24) is 0 Å². The van der Waals surface area contributed by atoms with Crippen LogP contribution in [0.1, 0.15) is 18.6 Å². The molecule has 0 aliphatic carbocycles. The van der Waals surface area contributed by atoms with Crippen molar-refractivity contribution in [1.29, 1.82) is 0 Å². The fourth-order valence-electron chi connectivity index (χ4n) is 1.19. The summed E-state index contributed by atoms with van der Waals surface area (Å²) >= 11 is 2.70. The Bertz CT molecular complexity index is 424. The maximum Gasteiger partial charge on any atom is 0.339 e. The number of phenols is 1. The molecule has 0 aliphatic heterocycles. The summed E-state index contributed by atoms with van der Waals surface area (Å²) in [6.07, 6.45) is -2.08. The van der Waals surface area contributed by atoms with Gasteiger partial charge in [-0.05, 0) is 28.9 Å². The predicted molar refractivity (Wildman–Crippen MR) is 57.3 cm³/mol. The van der Waals surface area contributed by atoms with Gasteiger partial charge in [-0.3, -0.25) is 0 Å². The highest BCUT2D eigenvalue weighted by molar-refractivity contribution is 9.10. The summed E-state index contributed by atoms with van der Waals surface area (Å²) in [7, 11) is 0. The van der Waals surface area contributed by atoms with Crippen LogP contribution in [0.25, 0.3) is 0 Å². The minimum Gasteiger partial charge on any atom is -0.504 e. The second kappa shape index (κ2) is 5.42. The Kier molecular flexibility index (Phi) is 4.41. The number of rotatable bonds is 3. The van der Waals surface area contributed by atoms with Gasteiger partial charge in [-0.15, -0.1) is 0 Å². The van der Waals surface area contributed by atoms with Crippen LogP contribution in [0.2, 0.25) is 0 Å². The van der Waals surface area contributed by atoms with Gasteiger partial charge >= 0.3 is 5.97 Å². The van der Waals surface area contributed by atoms with Crippen LogP contribution in [-0.2, 0) is 9.53 Å². The molecule has 17 heavy (non-hydrogen) atoms. The molecule has 2 N–H and O–H groups in total. The zero-order valence-corrected chi connectivity index (χ0v) is 10.3. The summed E-state index contributed by atoms with van der Waals surface area (Å²) < 4.78 is 30.8. The van der Waals surface area contributed by atoms with E-state index in [0.29, 0.717) is 6.07 Å². The maximum atomic E-state index is 13.6. The van der Waals surface area contributed by atoms with E-state index in [1.807, 2.05) is 0 Å². The number of aromatic hydroxyl groups is 1. The molecular formula is C10H9BrF2O4. The van der Waals surface area contributed by atoms with Gasteiger partial charge in [0.1, 0.15) is 5.82 Å². The van der Waals surface area contributed by atoms with E-state index in [1.165, 1.54) is 6.92 Å². The van der Waals surface area contributed by atoms with Crippen LogP contribution in [0.15, 0.2) is 10.5 Å². The molecule has 0 fully saturated rings. The molecule has 0 amide bonds. The van der Waals surface area contributed by atoms with Gasteiger partial charge in [-0.1, -0.05) is 0 Å². The van der Waals surface area contributed by atoms with Crippen molar-refractivity contribution in [2.75, 3.05) is 6.61 Å². The van der Waals surface area contributed by atoms with Crippen molar-refractivity contribution in [2.45, 2.75) is 13.0 Å². The molecule has 1 aromatic carbocycles. The number of hydrogen-bond acceptors (Lipinski definition) is 4. The third kappa shape index (κ3) is 2.73. The van der Waals surface area contributed by atoms with Crippen molar-refractivity contribution in [3.05, 3.63) is 27.7 Å². The molecule has 7 heteroatoms. The second-order valence-corrected chi connectivity index (χ2v) is 3.93. The normalized spacial score (nSPS) is 12.3. The molecule has 1 rings (SSSR count). The van der Waals surface area contributed by atoms with Gasteiger partial charge in [0.25, 0.3) is 0 Å². The van der Waals surface area contributed by atoms with E-state index in [0.717, 1.165) is 0 Å². The van der Waals surface area contributed by atoms with Crippen LogP contribution in [0, 0.1) is 11.6 Å². The largest absolute Gasteiger partial charge is 0.504 e. The number of hydrogen-bond donors (Lipinski definition) is 2. The van der Waals surface area contributed by atoms with Crippen LogP contribution >= 0.6 is 15.9 Å². The summed E-state index contributed by atoms with van der Waals surface area (Å²) in [5.41, 5.74) is -0.852. The molecule has 0 saturated heterocycles. The van der Waals surface area contributed by atoms with Crippen LogP contribution in [0.4, 0.5) is 8.78 Å². The molecule has 0 aliphatic rings. The summed E-state index contributed by atoms with van der Waals surface area (Å²) in [5.74, 6) is -4.56.